The van der Waals surface area contributed by atoms with Crippen LogP contribution in [0, 0.1) is 5.82 Å². The Kier molecular flexibility index (Phi) is 4.47. The summed E-state index contributed by atoms with van der Waals surface area (Å²) < 4.78 is 22.1. The number of rotatable bonds is 1. The molecule has 3 aliphatic heterocycles. The lowest BCUT2D eigenvalue weighted by Crippen LogP contribution is -2.45. The molecule has 0 spiro atoms. The fourth-order valence-electron chi connectivity index (χ4n) is 4.66. The number of nitrogens with zero attached hydrogens (tertiary/aromatic N) is 6. The highest BCUT2D eigenvalue weighted by Gasteiger charge is 2.39. The Labute approximate surface area is 182 Å². The van der Waals surface area contributed by atoms with Crippen LogP contribution in [0.4, 0.5) is 10.2 Å². The SMILES string of the molecule is CCN1CC2NC(=O)c3cnn4ccc(nc34)N3OCCC3c3cc(F)cnc3OC2C1. The lowest BCUT2D eigenvalue weighted by molar-refractivity contribution is 0.0902. The van der Waals surface area contributed by atoms with Crippen LogP contribution in [0.3, 0.4) is 0 Å². The van der Waals surface area contributed by atoms with Crippen molar-refractivity contribution in [3.63, 3.8) is 0 Å². The first kappa shape index (κ1) is 19.4. The molecule has 11 heteroatoms. The van der Waals surface area contributed by atoms with Gasteiger partial charge in [-0.2, -0.15) is 5.10 Å². The molecule has 3 atom stereocenters. The number of halogens is 1. The summed E-state index contributed by atoms with van der Waals surface area (Å²) in [6, 6.07) is 2.59. The van der Waals surface area contributed by atoms with Crippen LogP contribution in [0.25, 0.3) is 5.65 Å². The number of hydrogen-bond donors (Lipinski definition) is 1. The van der Waals surface area contributed by atoms with E-state index < -0.39 is 5.82 Å². The van der Waals surface area contributed by atoms with Crippen LogP contribution in [0.15, 0.2) is 30.7 Å². The van der Waals surface area contributed by atoms with Gasteiger partial charge in [-0.05, 0) is 12.6 Å². The maximum atomic E-state index is 14.3. The van der Waals surface area contributed by atoms with E-state index in [0.29, 0.717) is 54.6 Å². The molecule has 10 nitrogen and oxygen atoms in total. The second-order valence-electron chi connectivity index (χ2n) is 8.21. The summed E-state index contributed by atoms with van der Waals surface area (Å²) in [6.45, 7) is 4.59. The summed E-state index contributed by atoms with van der Waals surface area (Å²) >= 11 is 0. The number of anilines is 1. The second-order valence-corrected chi connectivity index (χ2v) is 8.21. The maximum Gasteiger partial charge on any atom is 0.257 e. The van der Waals surface area contributed by atoms with Gasteiger partial charge in [0.25, 0.3) is 5.91 Å². The Morgan fingerprint density at radius 2 is 2.22 bits per heavy atom. The fraction of sp³-hybridized carbons (Fsp3) is 0.429. The Balaban J connectivity index is 1.52. The molecule has 6 heterocycles. The number of nitrogens with one attached hydrogen (secondary N) is 1. The zero-order valence-electron chi connectivity index (χ0n) is 17.4. The van der Waals surface area contributed by atoms with E-state index in [9.17, 15) is 9.18 Å². The van der Waals surface area contributed by atoms with Crippen LogP contribution in [0.2, 0.25) is 0 Å². The van der Waals surface area contributed by atoms with Gasteiger partial charge < -0.3 is 10.1 Å². The molecule has 3 aromatic rings. The van der Waals surface area contributed by atoms with E-state index in [1.807, 2.05) is 0 Å². The summed E-state index contributed by atoms with van der Waals surface area (Å²) in [5.74, 6) is 0.127. The van der Waals surface area contributed by atoms with E-state index in [0.717, 1.165) is 12.7 Å². The van der Waals surface area contributed by atoms with Crippen LogP contribution in [-0.4, -0.2) is 68.8 Å². The smallest absolute Gasteiger partial charge is 0.257 e. The number of carbonyl (C=O) groups is 1. The van der Waals surface area contributed by atoms with Gasteiger partial charge in [0.2, 0.25) is 5.88 Å². The number of carbonyl (C=O) groups excluding carboxylic acids is 1. The predicted octanol–water partition coefficient (Wildman–Crippen LogP) is 1.34. The molecule has 1 N–H and O–H groups in total. The summed E-state index contributed by atoms with van der Waals surface area (Å²) in [7, 11) is 0. The average molecular weight is 439 g/mol. The van der Waals surface area contributed by atoms with E-state index in [1.54, 1.807) is 21.8 Å². The number of ether oxygens (including phenoxy) is 1. The van der Waals surface area contributed by atoms with E-state index >= 15 is 0 Å². The molecule has 32 heavy (non-hydrogen) atoms. The van der Waals surface area contributed by atoms with Crippen molar-refractivity contribution in [2.24, 2.45) is 0 Å². The third kappa shape index (κ3) is 3.07. The number of pyridine rings is 1. The lowest BCUT2D eigenvalue weighted by atomic mass is 10.1. The highest BCUT2D eigenvalue weighted by Crippen LogP contribution is 2.38. The van der Waals surface area contributed by atoms with E-state index in [4.69, 9.17) is 9.57 Å². The van der Waals surface area contributed by atoms with Gasteiger partial charge in [0, 0.05) is 37.3 Å². The van der Waals surface area contributed by atoms with Gasteiger partial charge in [0.05, 0.1) is 31.1 Å². The van der Waals surface area contributed by atoms with Crippen molar-refractivity contribution in [2.75, 3.05) is 31.3 Å². The van der Waals surface area contributed by atoms with Gasteiger partial charge in [-0.1, -0.05) is 6.92 Å². The normalized spacial score (nSPS) is 25.4. The lowest BCUT2D eigenvalue weighted by Gasteiger charge is -2.26. The Bertz CT molecular complexity index is 1200. The monoisotopic (exact) mass is 439 g/mol. The van der Waals surface area contributed by atoms with Gasteiger partial charge in [-0.3, -0.25) is 14.5 Å². The summed E-state index contributed by atoms with van der Waals surface area (Å²) in [6.07, 6.45) is 4.67. The molecule has 1 amide bonds. The first-order valence-electron chi connectivity index (χ1n) is 10.7. The molecule has 2 bridgehead atoms. The second kappa shape index (κ2) is 7.38. The fourth-order valence-corrected chi connectivity index (χ4v) is 4.66. The van der Waals surface area contributed by atoms with Crippen molar-refractivity contribution in [1.29, 1.82) is 0 Å². The third-order valence-corrected chi connectivity index (χ3v) is 6.30. The van der Waals surface area contributed by atoms with Crippen LogP contribution in [-0.2, 0) is 4.84 Å². The molecule has 2 saturated heterocycles. The molecular formula is C21H22FN7O3. The molecule has 6 rings (SSSR count). The number of likely N-dealkylation sites (tertiary alicyclic amines) is 1. The van der Waals surface area contributed by atoms with Crippen molar-refractivity contribution < 1.29 is 18.8 Å². The third-order valence-electron chi connectivity index (χ3n) is 6.30. The molecule has 2 fully saturated rings. The van der Waals surface area contributed by atoms with E-state index in [1.165, 1.54) is 12.3 Å². The molecule has 3 aromatic heterocycles. The standard InChI is InChI=1S/C21H22FN7O3/c1-2-27-10-15-17(11-27)32-21-13(7-12(22)8-23-21)16-4-6-31-29(16)18-3-5-28-19(26-18)14(9-24-28)20(30)25-15/h3,5,7-9,15-17H,2,4,6,10-11H2,1H3,(H,25,30). The zero-order valence-corrected chi connectivity index (χ0v) is 17.4. The summed E-state index contributed by atoms with van der Waals surface area (Å²) in [5, 5.41) is 8.99. The first-order chi connectivity index (χ1) is 15.6. The van der Waals surface area contributed by atoms with Gasteiger partial charge in [-0.25, -0.2) is 23.9 Å². The number of likely N-dealkylation sites (N-methyl/N-ethyl adjacent to an activating group) is 1. The largest absolute Gasteiger partial charge is 0.470 e. The first-order valence-corrected chi connectivity index (χ1v) is 10.7. The number of aromatic nitrogens is 4. The van der Waals surface area contributed by atoms with Crippen molar-refractivity contribution in [2.45, 2.75) is 31.5 Å². The molecule has 0 saturated carbocycles. The topological polar surface area (TPSA) is 97.1 Å². The van der Waals surface area contributed by atoms with Crippen LogP contribution < -0.4 is 15.1 Å². The minimum Gasteiger partial charge on any atom is -0.470 e. The van der Waals surface area contributed by atoms with Gasteiger partial charge in [0.1, 0.15) is 17.5 Å². The van der Waals surface area contributed by atoms with Crippen LogP contribution in [0.1, 0.15) is 35.3 Å². The number of amides is 1. The molecule has 0 aliphatic carbocycles. The average Bonchev–Trinajstić information content (AvgIpc) is 3.52. The number of fused-ring (bicyclic) bond motifs is 6. The van der Waals surface area contributed by atoms with Crippen molar-refractivity contribution >= 4 is 17.4 Å². The highest BCUT2D eigenvalue weighted by atomic mass is 19.1. The van der Waals surface area contributed by atoms with E-state index in [-0.39, 0.29) is 24.1 Å². The quantitative estimate of drug-likeness (QED) is 0.607. The Hall–Kier alpha value is -3.31. The van der Waals surface area contributed by atoms with Gasteiger partial charge in [-0.15, -0.1) is 0 Å². The molecule has 0 aromatic carbocycles. The van der Waals surface area contributed by atoms with Crippen LogP contribution in [0.5, 0.6) is 5.88 Å². The van der Waals surface area contributed by atoms with Crippen LogP contribution >= 0.6 is 0 Å². The molecule has 166 valence electrons. The Morgan fingerprint density at radius 3 is 3.09 bits per heavy atom. The van der Waals surface area contributed by atoms with E-state index in [2.05, 4.69) is 32.2 Å². The summed E-state index contributed by atoms with van der Waals surface area (Å²) in [4.78, 5) is 30.2. The Morgan fingerprint density at radius 1 is 1.31 bits per heavy atom. The number of hydrogen-bond acceptors (Lipinski definition) is 8. The maximum absolute atomic E-state index is 14.3. The summed E-state index contributed by atoms with van der Waals surface area (Å²) in [5.41, 5.74) is 1.39. The predicted molar refractivity (Wildman–Crippen MR) is 111 cm³/mol. The van der Waals surface area contributed by atoms with Crippen molar-refractivity contribution in [1.82, 2.24) is 29.8 Å². The molecular weight excluding hydrogens is 417 g/mol. The van der Waals surface area contributed by atoms with Gasteiger partial charge in [0.15, 0.2) is 11.5 Å². The molecule has 3 unspecified atom stereocenters. The minimum atomic E-state index is -0.448. The zero-order chi connectivity index (χ0) is 21.8. The molecule has 0 radical (unpaired) electrons. The number of hydroxylamine groups is 1. The minimum absolute atomic E-state index is 0.267. The van der Waals surface area contributed by atoms with Gasteiger partial charge >= 0.3 is 0 Å². The van der Waals surface area contributed by atoms with Crippen molar-refractivity contribution in [3.8, 4) is 5.88 Å². The van der Waals surface area contributed by atoms with Crippen molar-refractivity contribution in [3.05, 3.63) is 47.7 Å². The molecule has 3 aliphatic rings. The highest BCUT2D eigenvalue weighted by molar-refractivity contribution is 6.00.